The number of hydrogen-bond donors (Lipinski definition) is 3. The van der Waals surface area contributed by atoms with E-state index in [9.17, 15) is 9.90 Å². The molecule has 1 amide bonds. The summed E-state index contributed by atoms with van der Waals surface area (Å²) < 4.78 is 0. The van der Waals surface area contributed by atoms with Gasteiger partial charge < -0.3 is 15.7 Å². The normalized spacial score (nSPS) is 18.8. The summed E-state index contributed by atoms with van der Waals surface area (Å²) in [4.78, 5) is 15.7. The second-order valence-corrected chi connectivity index (χ2v) is 5.62. The first-order valence-corrected chi connectivity index (χ1v) is 7.06. The van der Waals surface area contributed by atoms with Gasteiger partial charge in [0.15, 0.2) is 0 Å². The zero-order chi connectivity index (χ0) is 14.3. The third-order valence-electron chi connectivity index (χ3n) is 3.06. The predicted octanol–water partition coefficient (Wildman–Crippen LogP) is -1.29. The molecule has 0 saturated carbocycles. The van der Waals surface area contributed by atoms with E-state index >= 15 is 0 Å². The smallest absolute Gasteiger partial charge is 0.234 e. The molecule has 1 atom stereocenters. The van der Waals surface area contributed by atoms with Gasteiger partial charge in [-0.1, -0.05) is 0 Å². The van der Waals surface area contributed by atoms with Gasteiger partial charge in [0.25, 0.3) is 0 Å². The molecule has 1 aliphatic heterocycles. The number of hydrogen-bond acceptors (Lipinski definition) is 5. The molecule has 1 heterocycles. The third-order valence-corrected chi connectivity index (χ3v) is 3.06. The number of β-amino-alcohol motifs (C(OH)–C–C–N with tert-alkyl or cyclic N) is 1. The number of aliphatic hydroxyl groups excluding tert-OH is 1. The quantitative estimate of drug-likeness (QED) is 0.538. The van der Waals surface area contributed by atoms with Crippen LogP contribution in [0, 0.1) is 0 Å². The Kier molecular flexibility index (Phi) is 7.30. The highest BCUT2D eigenvalue weighted by Gasteiger charge is 2.16. The number of amides is 1. The van der Waals surface area contributed by atoms with Gasteiger partial charge in [0.2, 0.25) is 5.91 Å². The number of likely N-dealkylation sites (N-methyl/N-ethyl adjacent to an activating group) is 1. The minimum absolute atomic E-state index is 0.00636. The number of piperazine rings is 1. The first-order chi connectivity index (χ1) is 8.97. The Bertz CT molecular complexity index is 267. The van der Waals surface area contributed by atoms with Gasteiger partial charge in [-0.3, -0.25) is 14.6 Å². The molecule has 3 N–H and O–H groups in total. The topological polar surface area (TPSA) is 67.8 Å². The van der Waals surface area contributed by atoms with E-state index in [4.69, 9.17) is 0 Å². The van der Waals surface area contributed by atoms with Gasteiger partial charge in [-0.25, -0.2) is 0 Å². The summed E-state index contributed by atoms with van der Waals surface area (Å²) in [5, 5.41) is 16.2. The maximum Gasteiger partial charge on any atom is 0.234 e. The molecule has 1 saturated heterocycles. The fourth-order valence-corrected chi connectivity index (χ4v) is 2.29. The lowest BCUT2D eigenvalue weighted by molar-refractivity contribution is -0.122. The molecule has 1 rings (SSSR count). The van der Waals surface area contributed by atoms with Gasteiger partial charge in [-0.15, -0.1) is 0 Å². The van der Waals surface area contributed by atoms with Crippen molar-refractivity contribution in [2.24, 2.45) is 0 Å². The van der Waals surface area contributed by atoms with Crippen molar-refractivity contribution < 1.29 is 9.90 Å². The largest absolute Gasteiger partial charge is 0.390 e. The van der Waals surface area contributed by atoms with Crippen LogP contribution in [-0.4, -0.2) is 85.8 Å². The molecule has 0 bridgehead atoms. The Balaban J connectivity index is 2.19. The van der Waals surface area contributed by atoms with Crippen LogP contribution in [-0.2, 0) is 4.79 Å². The highest BCUT2D eigenvalue weighted by molar-refractivity contribution is 5.78. The summed E-state index contributed by atoms with van der Waals surface area (Å²) in [5.74, 6) is 0.00636. The summed E-state index contributed by atoms with van der Waals surface area (Å²) >= 11 is 0. The molecule has 0 aromatic heterocycles. The zero-order valence-corrected chi connectivity index (χ0v) is 12.4. The molecule has 6 heteroatoms. The van der Waals surface area contributed by atoms with Gasteiger partial charge in [-0.05, 0) is 20.9 Å². The number of nitrogens with zero attached hydrogens (tertiary/aromatic N) is 2. The van der Waals surface area contributed by atoms with Crippen LogP contribution < -0.4 is 10.6 Å². The van der Waals surface area contributed by atoms with E-state index in [2.05, 4.69) is 15.5 Å². The number of rotatable bonds is 7. The number of aliphatic hydroxyl groups is 1. The maximum atomic E-state index is 11.6. The molecular weight excluding hydrogens is 244 g/mol. The summed E-state index contributed by atoms with van der Waals surface area (Å²) in [5.41, 5.74) is 0. The van der Waals surface area contributed by atoms with Crippen molar-refractivity contribution in [3.8, 4) is 0 Å². The summed E-state index contributed by atoms with van der Waals surface area (Å²) in [7, 11) is 1.86. The molecule has 1 unspecified atom stereocenters. The standard InChI is InChI=1S/C13H28N4O2/c1-11(2)15-13(19)10-16(3)8-12(18)9-17-6-4-14-5-7-17/h11-12,14,18H,4-10H2,1-3H3,(H,15,19). The van der Waals surface area contributed by atoms with Crippen molar-refractivity contribution in [2.45, 2.75) is 26.0 Å². The third kappa shape index (κ3) is 7.47. The average molecular weight is 272 g/mol. The van der Waals surface area contributed by atoms with E-state index in [1.165, 1.54) is 0 Å². The molecule has 1 fully saturated rings. The monoisotopic (exact) mass is 272 g/mol. The second-order valence-electron chi connectivity index (χ2n) is 5.62. The van der Waals surface area contributed by atoms with Gasteiger partial charge in [0.05, 0.1) is 12.6 Å². The zero-order valence-electron chi connectivity index (χ0n) is 12.4. The van der Waals surface area contributed by atoms with Crippen LogP contribution in [0.25, 0.3) is 0 Å². The van der Waals surface area contributed by atoms with Crippen LogP contribution in [0.2, 0.25) is 0 Å². The van der Waals surface area contributed by atoms with Crippen molar-refractivity contribution in [1.29, 1.82) is 0 Å². The van der Waals surface area contributed by atoms with Crippen LogP contribution >= 0.6 is 0 Å². The van der Waals surface area contributed by atoms with Gasteiger partial charge in [-0.2, -0.15) is 0 Å². The van der Waals surface area contributed by atoms with Crippen LogP contribution in [0.3, 0.4) is 0 Å². The molecule has 6 nitrogen and oxygen atoms in total. The van der Waals surface area contributed by atoms with Crippen molar-refractivity contribution in [3.63, 3.8) is 0 Å². The van der Waals surface area contributed by atoms with Crippen LogP contribution in [0.5, 0.6) is 0 Å². The minimum atomic E-state index is -0.407. The average Bonchev–Trinajstić information content (AvgIpc) is 2.28. The van der Waals surface area contributed by atoms with E-state index in [0.717, 1.165) is 26.2 Å². The fourth-order valence-electron chi connectivity index (χ4n) is 2.29. The Morgan fingerprint density at radius 3 is 2.63 bits per heavy atom. The number of carbonyl (C=O) groups excluding carboxylic acids is 1. The van der Waals surface area contributed by atoms with Crippen LogP contribution in [0.4, 0.5) is 0 Å². The fraction of sp³-hybridized carbons (Fsp3) is 0.923. The van der Waals surface area contributed by atoms with Gasteiger partial charge in [0.1, 0.15) is 0 Å². The Labute approximate surface area is 116 Å². The molecule has 0 aliphatic carbocycles. The number of nitrogens with one attached hydrogen (secondary N) is 2. The first-order valence-electron chi connectivity index (χ1n) is 7.06. The summed E-state index contributed by atoms with van der Waals surface area (Å²) in [6.07, 6.45) is -0.407. The summed E-state index contributed by atoms with van der Waals surface area (Å²) in [6.45, 7) is 9.35. The molecule has 19 heavy (non-hydrogen) atoms. The molecule has 0 spiro atoms. The second kappa shape index (κ2) is 8.47. The van der Waals surface area contributed by atoms with Crippen molar-refractivity contribution >= 4 is 5.91 Å². The highest BCUT2D eigenvalue weighted by atomic mass is 16.3. The van der Waals surface area contributed by atoms with E-state index < -0.39 is 6.10 Å². The van der Waals surface area contributed by atoms with Gasteiger partial charge in [0, 0.05) is 45.3 Å². The van der Waals surface area contributed by atoms with Gasteiger partial charge >= 0.3 is 0 Å². The van der Waals surface area contributed by atoms with Crippen LogP contribution in [0.1, 0.15) is 13.8 Å². The van der Waals surface area contributed by atoms with Crippen molar-refractivity contribution in [2.75, 3.05) is 52.9 Å². The lowest BCUT2D eigenvalue weighted by Crippen LogP contribution is -2.48. The SMILES string of the molecule is CC(C)NC(=O)CN(C)CC(O)CN1CCNCC1. The van der Waals surface area contributed by atoms with E-state index in [1.54, 1.807) is 0 Å². The maximum absolute atomic E-state index is 11.6. The minimum Gasteiger partial charge on any atom is -0.390 e. The lowest BCUT2D eigenvalue weighted by Gasteiger charge is -2.30. The predicted molar refractivity (Wildman–Crippen MR) is 76.1 cm³/mol. The molecule has 1 aliphatic rings. The van der Waals surface area contributed by atoms with E-state index in [0.29, 0.717) is 19.6 Å². The van der Waals surface area contributed by atoms with Crippen LogP contribution in [0.15, 0.2) is 0 Å². The highest BCUT2D eigenvalue weighted by Crippen LogP contribution is 1.97. The first kappa shape index (κ1) is 16.4. The molecular formula is C13H28N4O2. The molecule has 0 radical (unpaired) electrons. The molecule has 0 aromatic rings. The van der Waals surface area contributed by atoms with Crippen molar-refractivity contribution in [1.82, 2.24) is 20.4 Å². The Morgan fingerprint density at radius 1 is 1.42 bits per heavy atom. The Hall–Kier alpha value is -0.690. The van der Waals surface area contributed by atoms with E-state index in [-0.39, 0.29) is 11.9 Å². The molecule has 0 aromatic carbocycles. The Morgan fingerprint density at radius 2 is 2.05 bits per heavy atom. The van der Waals surface area contributed by atoms with E-state index in [1.807, 2.05) is 25.8 Å². The summed E-state index contributed by atoms with van der Waals surface area (Å²) in [6, 6.07) is 0.159. The lowest BCUT2D eigenvalue weighted by atomic mass is 10.2. The molecule has 112 valence electrons. The van der Waals surface area contributed by atoms with Crippen molar-refractivity contribution in [3.05, 3.63) is 0 Å². The number of carbonyl (C=O) groups is 1.